The van der Waals surface area contributed by atoms with Crippen molar-refractivity contribution < 1.29 is 26.5 Å². The average molecular weight is 252 g/mol. The van der Waals surface area contributed by atoms with Gasteiger partial charge in [-0.1, -0.05) is 6.08 Å². The van der Waals surface area contributed by atoms with Crippen LogP contribution in [0, 0.1) is 0 Å². The Morgan fingerprint density at radius 2 is 2.25 bits per heavy atom. The highest BCUT2D eigenvalue weighted by Gasteiger charge is 2.49. The molecule has 0 saturated carbocycles. The van der Waals surface area contributed by atoms with E-state index in [0.717, 1.165) is 12.2 Å². The van der Waals surface area contributed by atoms with Crippen LogP contribution >= 0.6 is 0 Å². The molecule has 4 nitrogen and oxygen atoms in total. The number of hydrogen-bond donors (Lipinski definition) is 1. The van der Waals surface area contributed by atoms with Gasteiger partial charge in [0.05, 0.1) is 12.7 Å². The van der Waals surface area contributed by atoms with E-state index in [0.29, 0.717) is 12.7 Å². The molecule has 1 N–H and O–H groups in total. The fourth-order valence-electron chi connectivity index (χ4n) is 1.76. The summed E-state index contributed by atoms with van der Waals surface area (Å²) >= 11 is 0. The number of halogens is 2. The molecule has 2 unspecified atom stereocenters. The molecule has 7 heteroatoms. The molecule has 3 atom stereocenters. The third-order valence-corrected chi connectivity index (χ3v) is 3.74. The first-order valence-corrected chi connectivity index (χ1v) is 6.15. The van der Waals surface area contributed by atoms with Gasteiger partial charge in [0.1, 0.15) is 11.1 Å². The third-order valence-electron chi connectivity index (χ3n) is 2.54. The average Bonchev–Trinajstić information content (AvgIpc) is 2.84. The van der Waals surface area contributed by atoms with Crippen molar-refractivity contribution in [1.82, 2.24) is 0 Å². The van der Waals surface area contributed by atoms with Gasteiger partial charge < -0.3 is 4.74 Å². The molecule has 2 rings (SSSR count). The summed E-state index contributed by atoms with van der Waals surface area (Å²) in [5.41, 5.74) is -2.45. The maximum atomic E-state index is 14.3. The molecule has 1 fully saturated rings. The van der Waals surface area contributed by atoms with Crippen molar-refractivity contribution >= 4 is 10.1 Å². The zero-order valence-corrected chi connectivity index (χ0v) is 8.95. The Balaban J connectivity index is 2.32. The summed E-state index contributed by atoms with van der Waals surface area (Å²) in [6, 6.07) is 0. The van der Waals surface area contributed by atoms with Gasteiger partial charge in [-0.15, -0.1) is 0 Å². The van der Waals surface area contributed by atoms with Crippen LogP contribution < -0.4 is 0 Å². The van der Waals surface area contributed by atoms with Gasteiger partial charge in [0.2, 0.25) is 0 Å². The highest BCUT2D eigenvalue weighted by molar-refractivity contribution is 7.86. The number of epoxide rings is 1. The van der Waals surface area contributed by atoms with E-state index in [2.05, 4.69) is 0 Å². The zero-order chi connectivity index (χ0) is 12.0. The van der Waals surface area contributed by atoms with Crippen LogP contribution in [-0.4, -0.2) is 36.6 Å². The van der Waals surface area contributed by atoms with Crippen molar-refractivity contribution in [2.24, 2.45) is 0 Å². The van der Waals surface area contributed by atoms with Crippen LogP contribution in [0.15, 0.2) is 24.1 Å². The summed E-state index contributed by atoms with van der Waals surface area (Å²) in [6.45, 7) is 0.322. The summed E-state index contributed by atoms with van der Waals surface area (Å²) in [5, 5.41) is -1.77. The zero-order valence-electron chi connectivity index (χ0n) is 8.14. The maximum absolute atomic E-state index is 14.3. The van der Waals surface area contributed by atoms with E-state index in [1.54, 1.807) is 0 Å². The lowest BCUT2D eigenvalue weighted by Gasteiger charge is -2.28. The van der Waals surface area contributed by atoms with Crippen molar-refractivity contribution in [2.75, 3.05) is 6.61 Å². The van der Waals surface area contributed by atoms with Crippen molar-refractivity contribution in [3.05, 3.63) is 24.1 Å². The predicted molar refractivity (Wildman–Crippen MR) is 51.9 cm³/mol. The first kappa shape index (κ1) is 11.7. The maximum Gasteiger partial charge on any atom is 0.274 e. The van der Waals surface area contributed by atoms with Crippen LogP contribution in [0.5, 0.6) is 0 Å². The quantitative estimate of drug-likeness (QED) is 0.604. The standard InChI is InChI=1S/C9H10F2O4S/c10-6-1-2-8(16(12,13)14)9(11,3-6)4-7-5-15-7/h1-3,7-8H,4-5H2,(H,12,13,14)/t7-,8?,9?/m0/s1. The Labute approximate surface area is 91.3 Å². The lowest BCUT2D eigenvalue weighted by atomic mass is 9.91. The molecule has 0 amide bonds. The second-order valence-corrected chi connectivity index (χ2v) is 5.45. The molecular formula is C9H10F2O4S. The molecule has 1 saturated heterocycles. The van der Waals surface area contributed by atoms with Gasteiger partial charge in [0.25, 0.3) is 10.1 Å². The Morgan fingerprint density at radius 3 is 2.75 bits per heavy atom. The molecule has 0 spiro atoms. The van der Waals surface area contributed by atoms with E-state index < -0.39 is 33.0 Å². The minimum Gasteiger partial charge on any atom is -0.373 e. The normalized spacial score (nSPS) is 38.3. The third kappa shape index (κ3) is 2.31. The SMILES string of the molecule is O=S(=O)(O)C1C=CC(F)=CC1(F)C[C@H]1CO1. The van der Waals surface area contributed by atoms with Gasteiger partial charge in [-0.3, -0.25) is 4.55 Å². The largest absolute Gasteiger partial charge is 0.373 e. The fraction of sp³-hybridized carbons (Fsp3) is 0.556. The van der Waals surface area contributed by atoms with E-state index in [1.165, 1.54) is 0 Å². The lowest BCUT2D eigenvalue weighted by Crippen LogP contribution is -2.43. The second kappa shape index (κ2) is 3.61. The molecule has 16 heavy (non-hydrogen) atoms. The van der Waals surface area contributed by atoms with Crippen molar-refractivity contribution in [3.63, 3.8) is 0 Å². The molecule has 90 valence electrons. The first-order valence-electron chi connectivity index (χ1n) is 4.65. The second-order valence-electron chi connectivity index (χ2n) is 3.91. The van der Waals surface area contributed by atoms with Gasteiger partial charge in [-0.05, 0) is 12.2 Å². The van der Waals surface area contributed by atoms with Crippen molar-refractivity contribution in [1.29, 1.82) is 0 Å². The molecule has 0 aromatic carbocycles. The fourth-order valence-corrected chi connectivity index (χ4v) is 2.69. The number of hydrogen-bond acceptors (Lipinski definition) is 3. The topological polar surface area (TPSA) is 66.9 Å². The molecular weight excluding hydrogens is 242 g/mol. The van der Waals surface area contributed by atoms with E-state index >= 15 is 0 Å². The molecule has 0 aromatic rings. The van der Waals surface area contributed by atoms with Gasteiger partial charge >= 0.3 is 0 Å². The van der Waals surface area contributed by atoms with Gasteiger partial charge in [0.15, 0.2) is 5.67 Å². The predicted octanol–water partition coefficient (Wildman–Crippen LogP) is 1.16. The summed E-state index contributed by atoms with van der Waals surface area (Å²) in [5.74, 6) is -0.858. The molecule has 0 bridgehead atoms. The van der Waals surface area contributed by atoms with Crippen LogP contribution in [0.4, 0.5) is 8.78 Å². The number of allylic oxidation sites excluding steroid dienone is 3. The molecule has 1 aliphatic heterocycles. The Hall–Kier alpha value is -0.790. The van der Waals surface area contributed by atoms with E-state index in [9.17, 15) is 17.2 Å². The summed E-state index contributed by atoms with van der Waals surface area (Å²) in [4.78, 5) is 0. The Bertz CT molecular complexity index is 452. The summed E-state index contributed by atoms with van der Waals surface area (Å²) in [7, 11) is -4.60. The first-order chi connectivity index (χ1) is 7.31. The van der Waals surface area contributed by atoms with Gasteiger partial charge in [-0.2, -0.15) is 8.42 Å². The summed E-state index contributed by atoms with van der Waals surface area (Å²) < 4.78 is 62.8. The smallest absolute Gasteiger partial charge is 0.274 e. The van der Waals surface area contributed by atoms with Gasteiger partial charge in [-0.25, -0.2) is 8.78 Å². The number of ether oxygens (including phenoxy) is 1. The molecule has 0 aromatic heterocycles. The van der Waals surface area contributed by atoms with Crippen LogP contribution in [0.3, 0.4) is 0 Å². The minimum atomic E-state index is -4.60. The highest BCUT2D eigenvalue weighted by atomic mass is 32.2. The number of alkyl halides is 1. The van der Waals surface area contributed by atoms with Crippen LogP contribution in [0.2, 0.25) is 0 Å². The molecule has 1 heterocycles. The van der Waals surface area contributed by atoms with Gasteiger partial charge in [0, 0.05) is 6.42 Å². The Kier molecular flexibility index (Phi) is 2.64. The molecule has 0 radical (unpaired) electrons. The van der Waals surface area contributed by atoms with Crippen molar-refractivity contribution in [2.45, 2.75) is 23.4 Å². The van der Waals surface area contributed by atoms with E-state index in [-0.39, 0.29) is 6.42 Å². The molecule has 1 aliphatic carbocycles. The van der Waals surface area contributed by atoms with E-state index in [1.807, 2.05) is 0 Å². The van der Waals surface area contributed by atoms with Crippen LogP contribution in [-0.2, 0) is 14.9 Å². The number of rotatable bonds is 3. The highest BCUT2D eigenvalue weighted by Crippen LogP contribution is 2.37. The van der Waals surface area contributed by atoms with Crippen LogP contribution in [0.25, 0.3) is 0 Å². The van der Waals surface area contributed by atoms with Crippen LogP contribution in [0.1, 0.15) is 6.42 Å². The van der Waals surface area contributed by atoms with Crippen molar-refractivity contribution in [3.8, 4) is 0 Å². The monoisotopic (exact) mass is 252 g/mol. The lowest BCUT2D eigenvalue weighted by molar-refractivity contribution is 0.188. The minimum absolute atomic E-state index is 0.283. The van der Waals surface area contributed by atoms with E-state index in [4.69, 9.17) is 9.29 Å². The molecule has 2 aliphatic rings. The summed E-state index contributed by atoms with van der Waals surface area (Å²) in [6.07, 6.45) is 1.52. The Morgan fingerprint density at radius 1 is 1.62 bits per heavy atom.